The van der Waals surface area contributed by atoms with E-state index in [0.717, 1.165) is 12.8 Å². The van der Waals surface area contributed by atoms with Crippen LogP contribution in [0.4, 0.5) is 0 Å². The standard InChI is InChI=1S/C14H28N2O/c1-3-8-13(15)14(17)16-11(2)12-9-6-4-5-7-10-12/h11-13H,3-10,15H2,1-2H3,(H,16,17)/t11-,13?/m0/s1. The topological polar surface area (TPSA) is 55.1 Å². The van der Waals surface area contributed by atoms with Crippen molar-refractivity contribution in [3.05, 3.63) is 0 Å². The maximum absolute atomic E-state index is 11.8. The zero-order valence-electron chi connectivity index (χ0n) is 11.4. The number of carbonyl (C=O) groups excluding carboxylic acids is 1. The van der Waals surface area contributed by atoms with E-state index >= 15 is 0 Å². The Hall–Kier alpha value is -0.570. The fourth-order valence-corrected chi connectivity index (χ4v) is 2.70. The van der Waals surface area contributed by atoms with Crippen LogP contribution in [-0.2, 0) is 4.79 Å². The van der Waals surface area contributed by atoms with Gasteiger partial charge >= 0.3 is 0 Å². The molecule has 1 aliphatic carbocycles. The first-order valence-electron chi connectivity index (χ1n) is 7.21. The smallest absolute Gasteiger partial charge is 0.237 e. The number of hydrogen-bond donors (Lipinski definition) is 2. The molecule has 0 bridgehead atoms. The molecule has 2 atom stereocenters. The summed E-state index contributed by atoms with van der Waals surface area (Å²) in [5, 5.41) is 3.10. The van der Waals surface area contributed by atoms with E-state index in [-0.39, 0.29) is 18.0 Å². The Balaban J connectivity index is 2.35. The summed E-state index contributed by atoms with van der Waals surface area (Å²) < 4.78 is 0. The Morgan fingerprint density at radius 1 is 1.29 bits per heavy atom. The highest BCUT2D eigenvalue weighted by atomic mass is 16.2. The van der Waals surface area contributed by atoms with E-state index in [1.54, 1.807) is 0 Å². The first kappa shape index (κ1) is 14.5. The van der Waals surface area contributed by atoms with Crippen LogP contribution >= 0.6 is 0 Å². The Bertz CT molecular complexity index is 222. The SMILES string of the molecule is CCCC(N)C(=O)N[C@@H](C)C1CCCCCC1. The third-order valence-corrected chi connectivity index (χ3v) is 3.91. The van der Waals surface area contributed by atoms with Crippen molar-refractivity contribution in [1.29, 1.82) is 0 Å². The second-order valence-electron chi connectivity index (χ2n) is 5.44. The van der Waals surface area contributed by atoms with Gasteiger partial charge in [0.2, 0.25) is 5.91 Å². The summed E-state index contributed by atoms with van der Waals surface area (Å²) in [7, 11) is 0. The zero-order chi connectivity index (χ0) is 12.7. The van der Waals surface area contributed by atoms with E-state index < -0.39 is 0 Å². The minimum Gasteiger partial charge on any atom is -0.352 e. The van der Waals surface area contributed by atoms with Gasteiger partial charge in [-0.1, -0.05) is 39.0 Å². The number of hydrogen-bond acceptors (Lipinski definition) is 2. The molecule has 0 aromatic carbocycles. The van der Waals surface area contributed by atoms with Gasteiger partial charge in [-0.3, -0.25) is 4.79 Å². The molecule has 1 saturated carbocycles. The Morgan fingerprint density at radius 2 is 1.88 bits per heavy atom. The third-order valence-electron chi connectivity index (χ3n) is 3.91. The second-order valence-corrected chi connectivity index (χ2v) is 5.44. The Kier molecular flexibility index (Phi) is 6.56. The molecule has 0 radical (unpaired) electrons. The molecule has 1 aliphatic rings. The lowest BCUT2D eigenvalue weighted by molar-refractivity contribution is -0.123. The molecule has 3 nitrogen and oxygen atoms in total. The summed E-state index contributed by atoms with van der Waals surface area (Å²) >= 11 is 0. The van der Waals surface area contributed by atoms with E-state index in [1.807, 2.05) is 0 Å². The molecule has 0 aliphatic heterocycles. The maximum atomic E-state index is 11.8. The maximum Gasteiger partial charge on any atom is 0.237 e. The van der Waals surface area contributed by atoms with Crippen LogP contribution in [0.25, 0.3) is 0 Å². The monoisotopic (exact) mass is 240 g/mol. The molecule has 1 fully saturated rings. The Labute approximate surface area is 106 Å². The highest BCUT2D eigenvalue weighted by Crippen LogP contribution is 2.25. The second kappa shape index (κ2) is 7.70. The highest BCUT2D eigenvalue weighted by Gasteiger charge is 2.22. The van der Waals surface area contributed by atoms with E-state index in [1.165, 1.54) is 38.5 Å². The van der Waals surface area contributed by atoms with Gasteiger partial charge in [0.1, 0.15) is 0 Å². The molecular weight excluding hydrogens is 212 g/mol. The van der Waals surface area contributed by atoms with Crippen molar-refractivity contribution in [3.8, 4) is 0 Å². The van der Waals surface area contributed by atoms with Crippen molar-refractivity contribution >= 4 is 5.91 Å². The summed E-state index contributed by atoms with van der Waals surface area (Å²) in [5.41, 5.74) is 5.82. The normalized spacial score (nSPS) is 21.6. The van der Waals surface area contributed by atoms with Gasteiger partial charge in [0.25, 0.3) is 0 Å². The first-order valence-corrected chi connectivity index (χ1v) is 7.21. The van der Waals surface area contributed by atoms with E-state index in [4.69, 9.17) is 5.73 Å². The fraction of sp³-hybridized carbons (Fsp3) is 0.929. The zero-order valence-corrected chi connectivity index (χ0v) is 11.4. The Morgan fingerprint density at radius 3 is 2.41 bits per heavy atom. The molecule has 1 rings (SSSR count). The molecular formula is C14H28N2O. The summed E-state index contributed by atoms with van der Waals surface area (Å²) in [6, 6.07) is -0.0447. The van der Waals surface area contributed by atoms with Crippen molar-refractivity contribution in [2.24, 2.45) is 11.7 Å². The molecule has 3 heteroatoms. The highest BCUT2D eigenvalue weighted by molar-refractivity contribution is 5.81. The fourth-order valence-electron chi connectivity index (χ4n) is 2.70. The van der Waals surface area contributed by atoms with Crippen LogP contribution in [0.1, 0.15) is 65.2 Å². The molecule has 0 spiro atoms. The molecule has 3 N–H and O–H groups in total. The van der Waals surface area contributed by atoms with Crippen LogP contribution in [0.5, 0.6) is 0 Å². The molecule has 17 heavy (non-hydrogen) atoms. The van der Waals surface area contributed by atoms with E-state index in [2.05, 4.69) is 19.2 Å². The molecule has 0 aromatic rings. The van der Waals surface area contributed by atoms with Crippen LogP contribution < -0.4 is 11.1 Å². The van der Waals surface area contributed by atoms with Crippen molar-refractivity contribution in [2.75, 3.05) is 0 Å². The average Bonchev–Trinajstić information content (AvgIpc) is 2.57. The predicted octanol–water partition coefficient (Wildman–Crippen LogP) is 2.59. The van der Waals surface area contributed by atoms with E-state index in [0.29, 0.717) is 5.92 Å². The largest absolute Gasteiger partial charge is 0.352 e. The number of carbonyl (C=O) groups is 1. The number of amides is 1. The van der Waals surface area contributed by atoms with Gasteiger partial charge in [-0.25, -0.2) is 0 Å². The van der Waals surface area contributed by atoms with Gasteiger partial charge < -0.3 is 11.1 Å². The van der Waals surface area contributed by atoms with Gasteiger partial charge in [0.05, 0.1) is 6.04 Å². The van der Waals surface area contributed by atoms with Gasteiger partial charge in [-0.15, -0.1) is 0 Å². The van der Waals surface area contributed by atoms with Crippen molar-refractivity contribution in [3.63, 3.8) is 0 Å². The molecule has 1 unspecified atom stereocenters. The van der Waals surface area contributed by atoms with Gasteiger partial charge in [-0.05, 0) is 32.1 Å². The summed E-state index contributed by atoms with van der Waals surface area (Å²) in [6.07, 6.45) is 9.58. The van der Waals surface area contributed by atoms with Gasteiger partial charge in [0, 0.05) is 6.04 Å². The lowest BCUT2D eigenvalue weighted by atomic mass is 9.92. The summed E-state index contributed by atoms with van der Waals surface area (Å²) in [5.74, 6) is 0.680. The molecule has 0 saturated heterocycles. The van der Waals surface area contributed by atoms with Crippen molar-refractivity contribution in [1.82, 2.24) is 5.32 Å². The van der Waals surface area contributed by atoms with Crippen LogP contribution in [0.2, 0.25) is 0 Å². The van der Waals surface area contributed by atoms with Gasteiger partial charge in [-0.2, -0.15) is 0 Å². The number of nitrogens with two attached hydrogens (primary N) is 1. The van der Waals surface area contributed by atoms with Gasteiger partial charge in [0.15, 0.2) is 0 Å². The third kappa shape index (κ3) is 5.07. The van der Waals surface area contributed by atoms with Crippen molar-refractivity contribution in [2.45, 2.75) is 77.3 Å². The lowest BCUT2D eigenvalue weighted by Crippen LogP contribution is -2.46. The van der Waals surface area contributed by atoms with Crippen LogP contribution in [0.15, 0.2) is 0 Å². The molecule has 0 heterocycles. The predicted molar refractivity (Wildman–Crippen MR) is 71.7 cm³/mol. The average molecular weight is 240 g/mol. The molecule has 100 valence electrons. The first-order chi connectivity index (χ1) is 8.15. The number of rotatable bonds is 5. The van der Waals surface area contributed by atoms with Crippen LogP contribution in [0.3, 0.4) is 0 Å². The van der Waals surface area contributed by atoms with E-state index in [9.17, 15) is 4.79 Å². The molecule has 0 aromatic heterocycles. The molecule has 1 amide bonds. The van der Waals surface area contributed by atoms with Crippen molar-refractivity contribution < 1.29 is 4.79 Å². The quantitative estimate of drug-likeness (QED) is 0.726. The summed E-state index contributed by atoms with van der Waals surface area (Å²) in [6.45, 7) is 4.19. The van der Waals surface area contributed by atoms with Crippen LogP contribution in [0, 0.1) is 5.92 Å². The lowest BCUT2D eigenvalue weighted by Gasteiger charge is -2.25. The minimum atomic E-state index is -0.326. The van der Waals surface area contributed by atoms with Crippen LogP contribution in [-0.4, -0.2) is 18.0 Å². The number of nitrogens with one attached hydrogen (secondary N) is 1. The summed E-state index contributed by atoms with van der Waals surface area (Å²) in [4.78, 5) is 11.8. The minimum absolute atomic E-state index is 0.0311.